The number of halogens is 1. The lowest BCUT2D eigenvalue weighted by Gasteiger charge is -2.51. The lowest BCUT2D eigenvalue weighted by Crippen LogP contribution is -2.55. The third kappa shape index (κ3) is 3.08. The molecule has 1 heterocycles. The highest BCUT2D eigenvalue weighted by Gasteiger charge is 2.47. The summed E-state index contributed by atoms with van der Waals surface area (Å²) in [5, 5.41) is 0. The summed E-state index contributed by atoms with van der Waals surface area (Å²) in [4.78, 5) is 15.5. The summed E-state index contributed by atoms with van der Waals surface area (Å²) in [6, 6.07) is 26.6. The first kappa shape index (κ1) is 18.9. The molecular formula is C25H24BrNO. The van der Waals surface area contributed by atoms with Crippen LogP contribution in [0.3, 0.4) is 0 Å². The van der Waals surface area contributed by atoms with Crippen molar-refractivity contribution in [2.24, 2.45) is 0 Å². The molecule has 0 saturated heterocycles. The van der Waals surface area contributed by atoms with Crippen molar-refractivity contribution in [2.45, 2.75) is 38.1 Å². The monoisotopic (exact) mass is 433 g/mol. The summed E-state index contributed by atoms with van der Waals surface area (Å²) < 4.78 is 0.971. The lowest BCUT2D eigenvalue weighted by molar-refractivity contribution is 0.0948. The zero-order valence-electron chi connectivity index (χ0n) is 16.4. The van der Waals surface area contributed by atoms with Crippen LogP contribution in [0.25, 0.3) is 0 Å². The maximum absolute atomic E-state index is 13.5. The van der Waals surface area contributed by atoms with E-state index >= 15 is 0 Å². The number of amides is 1. The Bertz CT molecular complexity index is 1010. The van der Waals surface area contributed by atoms with Gasteiger partial charge in [-0.15, -0.1) is 0 Å². The van der Waals surface area contributed by atoms with E-state index in [1.165, 1.54) is 11.1 Å². The Balaban J connectivity index is 1.88. The molecule has 3 heteroatoms. The number of benzene rings is 3. The van der Waals surface area contributed by atoms with E-state index in [0.717, 1.165) is 16.6 Å². The molecule has 0 radical (unpaired) electrons. The van der Waals surface area contributed by atoms with Gasteiger partial charge < -0.3 is 4.90 Å². The minimum atomic E-state index is -0.330. The minimum Gasteiger partial charge on any atom is -0.302 e. The highest BCUT2D eigenvalue weighted by Crippen LogP contribution is 2.50. The van der Waals surface area contributed by atoms with Gasteiger partial charge in [-0.1, -0.05) is 71.4 Å². The molecule has 1 atom stereocenters. The molecule has 1 amide bonds. The van der Waals surface area contributed by atoms with E-state index in [2.05, 4.69) is 85.2 Å². The number of nitrogens with zero attached hydrogens (tertiary/aromatic N) is 1. The van der Waals surface area contributed by atoms with Crippen molar-refractivity contribution < 1.29 is 4.79 Å². The summed E-state index contributed by atoms with van der Waals surface area (Å²) in [6.45, 7) is 6.63. The molecule has 4 rings (SSSR count). The van der Waals surface area contributed by atoms with Gasteiger partial charge in [-0.2, -0.15) is 0 Å². The van der Waals surface area contributed by atoms with E-state index in [1.54, 1.807) is 0 Å². The average Bonchev–Trinajstić information content (AvgIpc) is 2.68. The summed E-state index contributed by atoms with van der Waals surface area (Å²) in [5.74, 6) is 0.0417. The number of fused-ring (bicyclic) bond motifs is 1. The molecule has 1 aliphatic rings. The van der Waals surface area contributed by atoms with Crippen molar-refractivity contribution in [1.29, 1.82) is 0 Å². The predicted molar refractivity (Wildman–Crippen MR) is 119 cm³/mol. The van der Waals surface area contributed by atoms with Crippen LogP contribution in [0.4, 0.5) is 5.69 Å². The van der Waals surface area contributed by atoms with E-state index in [-0.39, 0.29) is 16.9 Å². The normalized spacial score (nSPS) is 20.5. The molecule has 28 heavy (non-hydrogen) atoms. The molecule has 0 bridgehead atoms. The number of para-hydroxylation sites is 1. The Morgan fingerprint density at radius 1 is 0.857 bits per heavy atom. The maximum Gasteiger partial charge on any atom is 0.258 e. The zero-order chi connectivity index (χ0) is 19.9. The largest absolute Gasteiger partial charge is 0.302 e. The van der Waals surface area contributed by atoms with Crippen molar-refractivity contribution in [3.05, 3.63) is 100 Å². The van der Waals surface area contributed by atoms with Crippen LogP contribution in [0.5, 0.6) is 0 Å². The molecular weight excluding hydrogens is 410 g/mol. The van der Waals surface area contributed by atoms with Crippen molar-refractivity contribution in [1.82, 2.24) is 0 Å². The van der Waals surface area contributed by atoms with Crippen LogP contribution in [0.15, 0.2) is 83.3 Å². The second-order valence-corrected chi connectivity index (χ2v) is 9.27. The number of rotatable bonds is 2. The number of anilines is 1. The van der Waals surface area contributed by atoms with Gasteiger partial charge in [0.2, 0.25) is 0 Å². The fraction of sp³-hybridized carbons (Fsp3) is 0.240. The third-order valence-electron chi connectivity index (χ3n) is 5.84. The highest BCUT2D eigenvalue weighted by molar-refractivity contribution is 9.10. The van der Waals surface area contributed by atoms with Gasteiger partial charge in [-0.25, -0.2) is 0 Å². The van der Waals surface area contributed by atoms with Gasteiger partial charge in [-0.3, -0.25) is 4.79 Å². The van der Waals surface area contributed by atoms with Gasteiger partial charge in [0.15, 0.2) is 0 Å². The van der Waals surface area contributed by atoms with Gasteiger partial charge in [0, 0.05) is 26.7 Å². The zero-order valence-corrected chi connectivity index (χ0v) is 18.0. The summed E-state index contributed by atoms with van der Waals surface area (Å²) in [5.41, 5.74) is 3.70. The Morgan fingerprint density at radius 2 is 1.46 bits per heavy atom. The number of hydrogen-bond acceptors (Lipinski definition) is 1. The van der Waals surface area contributed by atoms with E-state index in [1.807, 2.05) is 35.2 Å². The smallest absolute Gasteiger partial charge is 0.258 e. The van der Waals surface area contributed by atoms with E-state index < -0.39 is 0 Å². The topological polar surface area (TPSA) is 20.3 Å². The molecule has 3 aromatic carbocycles. The molecule has 1 unspecified atom stereocenters. The van der Waals surface area contributed by atoms with Crippen LogP contribution in [-0.2, 0) is 5.41 Å². The van der Waals surface area contributed by atoms with Crippen LogP contribution in [-0.4, -0.2) is 11.4 Å². The van der Waals surface area contributed by atoms with Crippen LogP contribution in [0.1, 0.15) is 48.7 Å². The Labute approximate surface area is 175 Å². The number of carbonyl (C=O) groups is 1. The van der Waals surface area contributed by atoms with Crippen LogP contribution < -0.4 is 4.90 Å². The fourth-order valence-corrected chi connectivity index (χ4v) is 4.93. The van der Waals surface area contributed by atoms with Crippen LogP contribution >= 0.6 is 15.9 Å². The van der Waals surface area contributed by atoms with Gasteiger partial charge in [0.05, 0.1) is 0 Å². The van der Waals surface area contributed by atoms with Gasteiger partial charge >= 0.3 is 0 Å². The summed E-state index contributed by atoms with van der Waals surface area (Å²) >= 11 is 3.45. The van der Waals surface area contributed by atoms with Crippen LogP contribution in [0.2, 0.25) is 0 Å². The fourth-order valence-electron chi connectivity index (χ4n) is 4.67. The Hall–Kier alpha value is -2.39. The first-order valence-electron chi connectivity index (χ1n) is 9.58. The Kier molecular flexibility index (Phi) is 4.67. The SMILES string of the molecule is CC1(c2ccccc2)CC(C)(C)N(C(=O)c2ccc(Br)cc2)c2ccccc21. The molecule has 0 saturated carbocycles. The van der Waals surface area contributed by atoms with Gasteiger partial charge in [0.25, 0.3) is 5.91 Å². The molecule has 0 spiro atoms. The second kappa shape index (κ2) is 6.89. The molecule has 0 aliphatic carbocycles. The van der Waals surface area contributed by atoms with E-state index in [0.29, 0.717) is 5.56 Å². The number of carbonyl (C=O) groups excluding carboxylic acids is 1. The number of hydrogen-bond donors (Lipinski definition) is 0. The molecule has 3 aromatic rings. The first-order chi connectivity index (χ1) is 13.3. The van der Waals surface area contributed by atoms with Gasteiger partial charge in [0.1, 0.15) is 0 Å². The first-order valence-corrected chi connectivity index (χ1v) is 10.4. The van der Waals surface area contributed by atoms with Crippen molar-refractivity contribution in [3.8, 4) is 0 Å². The molecule has 0 aromatic heterocycles. The second-order valence-electron chi connectivity index (χ2n) is 8.35. The van der Waals surface area contributed by atoms with Crippen LogP contribution in [0, 0.1) is 0 Å². The molecule has 0 N–H and O–H groups in total. The van der Waals surface area contributed by atoms with Crippen molar-refractivity contribution in [3.63, 3.8) is 0 Å². The molecule has 2 nitrogen and oxygen atoms in total. The standard InChI is InChI=1S/C25H24BrNO/c1-24(2)17-25(3,19-9-5-4-6-10-19)21-11-7-8-12-22(21)27(24)23(28)18-13-15-20(26)16-14-18/h4-16H,17H2,1-3H3. The van der Waals surface area contributed by atoms with Crippen molar-refractivity contribution in [2.75, 3.05) is 4.90 Å². The molecule has 0 fully saturated rings. The third-order valence-corrected chi connectivity index (χ3v) is 6.36. The summed E-state index contributed by atoms with van der Waals surface area (Å²) in [6.07, 6.45) is 0.850. The lowest BCUT2D eigenvalue weighted by atomic mass is 9.65. The quantitative estimate of drug-likeness (QED) is 0.446. The summed E-state index contributed by atoms with van der Waals surface area (Å²) in [7, 11) is 0. The van der Waals surface area contributed by atoms with Crippen molar-refractivity contribution >= 4 is 27.5 Å². The highest BCUT2D eigenvalue weighted by atomic mass is 79.9. The predicted octanol–water partition coefficient (Wildman–Crippen LogP) is 6.58. The molecule has 1 aliphatic heterocycles. The maximum atomic E-state index is 13.5. The van der Waals surface area contributed by atoms with E-state index in [9.17, 15) is 4.79 Å². The average molecular weight is 434 g/mol. The molecule has 142 valence electrons. The Morgan fingerprint density at radius 3 is 2.14 bits per heavy atom. The van der Waals surface area contributed by atoms with Gasteiger partial charge in [-0.05, 0) is 61.7 Å². The minimum absolute atomic E-state index is 0.0417. The van der Waals surface area contributed by atoms with E-state index in [4.69, 9.17) is 0 Å².